The van der Waals surface area contributed by atoms with E-state index >= 15 is 0 Å². The molecule has 10 heteroatoms. The molecule has 0 atom stereocenters. The van der Waals surface area contributed by atoms with E-state index in [1.165, 1.54) is 28.5 Å². The topological polar surface area (TPSA) is 118 Å². The molecule has 0 saturated carbocycles. The molecule has 0 saturated heterocycles. The Balaban J connectivity index is 1.54. The third kappa shape index (κ3) is 4.40. The van der Waals surface area contributed by atoms with Gasteiger partial charge in [0.25, 0.3) is 11.6 Å². The fraction of sp³-hybridized carbons (Fsp3) is 0.182. The molecule has 0 aliphatic carbocycles. The summed E-state index contributed by atoms with van der Waals surface area (Å²) in [6.07, 6.45) is 0.408. The van der Waals surface area contributed by atoms with Gasteiger partial charge in [-0.2, -0.15) is 5.10 Å². The standard InChI is InChI=1S/C22H19N5O4S/c1-13-6-7-14(2)19(10-13)26-20(28)9-8-17(25-26)21(29)24-22-23-18(12-32-22)15-4-3-5-16(11-15)27(30)31/h3-7,10-12H,8-9H2,1-2H3,(H,23,24,29). The lowest BCUT2D eigenvalue weighted by Crippen LogP contribution is -2.36. The summed E-state index contributed by atoms with van der Waals surface area (Å²) in [5, 5.41) is 21.4. The summed E-state index contributed by atoms with van der Waals surface area (Å²) in [6, 6.07) is 11.9. The van der Waals surface area contributed by atoms with Gasteiger partial charge in [-0.15, -0.1) is 11.3 Å². The van der Waals surface area contributed by atoms with Crippen LogP contribution in [0.4, 0.5) is 16.5 Å². The van der Waals surface area contributed by atoms with Crippen molar-refractivity contribution in [3.8, 4) is 11.3 Å². The van der Waals surface area contributed by atoms with Gasteiger partial charge in [0.2, 0.25) is 5.91 Å². The number of carbonyl (C=O) groups is 2. The van der Waals surface area contributed by atoms with E-state index in [0.29, 0.717) is 22.1 Å². The number of rotatable bonds is 5. The molecule has 32 heavy (non-hydrogen) atoms. The highest BCUT2D eigenvalue weighted by Crippen LogP contribution is 2.28. The third-order valence-electron chi connectivity index (χ3n) is 4.96. The van der Waals surface area contributed by atoms with Gasteiger partial charge in [0.15, 0.2) is 5.13 Å². The third-order valence-corrected chi connectivity index (χ3v) is 5.72. The van der Waals surface area contributed by atoms with Crippen molar-refractivity contribution in [3.63, 3.8) is 0 Å². The smallest absolute Gasteiger partial charge is 0.273 e. The lowest BCUT2D eigenvalue weighted by Gasteiger charge is -2.24. The molecule has 1 aromatic heterocycles. The number of hydrogen-bond acceptors (Lipinski definition) is 7. The number of aryl methyl sites for hydroxylation is 2. The van der Waals surface area contributed by atoms with Gasteiger partial charge in [0.1, 0.15) is 5.71 Å². The summed E-state index contributed by atoms with van der Waals surface area (Å²) in [4.78, 5) is 40.1. The second-order valence-corrected chi connectivity index (χ2v) is 8.20. The van der Waals surface area contributed by atoms with Crippen LogP contribution in [-0.4, -0.2) is 27.4 Å². The number of hydrazone groups is 1. The Morgan fingerprint density at radius 3 is 2.78 bits per heavy atom. The molecule has 0 fully saturated rings. The van der Waals surface area contributed by atoms with Gasteiger partial charge in [0, 0.05) is 35.9 Å². The Morgan fingerprint density at radius 2 is 2.00 bits per heavy atom. The van der Waals surface area contributed by atoms with Crippen molar-refractivity contribution in [2.45, 2.75) is 26.7 Å². The summed E-state index contributed by atoms with van der Waals surface area (Å²) in [5.41, 5.74) is 3.83. The quantitative estimate of drug-likeness (QED) is 0.456. The number of carbonyl (C=O) groups excluding carboxylic acids is 2. The minimum Gasteiger partial charge on any atom is -0.297 e. The van der Waals surface area contributed by atoms with Gasteiger partial charge >= 0.3 is 0 Å². The van der Waals surface area contributed by atoms with Crippen molar-refractivity contribution in [2.24, 2.45) is 5.10 Å². The molecule has 0 bridgehead atoms. The number of hydrogen-bond donors (Lipinski definition) is 1. The van der Waals surface area contributed by atoms with Crippen LogP contribution < -0.4 is 10.3 Å². The maximum Gasteiger partial charge on any atom is 0.273 e. The highest BCUT2D eigenvalue weighted by molar-refractivity contribution is 7.14. The number of anilines is 2. The molecule has 0 radical (unpaired) electrons. The number of thiazole rings is 1. The van der Waals surface area contributed by atoms with E-state index < -0.39 is 10.8 Å². The van der Waals surface area contributed by atoms with Gasteiger partial charge in [-0.25, -0.2) is 9.99 Å². The lowest BCUT2D eigenvalue weighted by atomic mass is 10.1. The molecule has 1 N–H and O–H groups in total. The highest BCUT2D eigenvalue weighted by Gasteiger charge is 2.27. The number of amides is 2. The van der Waals surface area contributed by atoms with E-state index in [1.807, 2.05) is 32.0 Å². The summed E-state index contributed by atoms with van der Waals surface area (Å²) in [5.74, 6) is -0.606. The monoisotopic (exact) mass is 449 g/mol. The number of benzene rings is 2. The average Bonchev–Trinajstić information content (AvgIpc) is 3.24. The first-order valence-corrected chi connectivity index (χ1v) is 10.7. The first-order valence-electron chi connectivity index (χ1n) is 9.81. The molecule has 1 aliphatic rings. The predicted octanol–water partition coefficient (Wildman–Crippen LogP) is 4.46. The number of non-ortho nitro benzene ring substituents is 1. The number of nitro groups is 1. The van der Waals surface area contributed by atoms with Crippen LogP contribution in [0.15, 0.2) is 52.9 Å². The Hall–Kier alpha value is -3.92. The first-order chi connectivity index (χ1) is 15.3. The fourth-order valence-electron chi connectivity index (χ4n) is 3.26. The van der Waals surface area contributed by atoms with Crippen LogP contribution in [0.5, 0.6) is 0 Å². The van der Waals surface area contributed by atoms with E-state index in [1.54, 1.807) is 17.5 Å². The van der Waals surface area contributed by atoms with Crippen molar-refractivity contribution in [3.05, 3.63) is 69.1 Å². The van der Waals surface area contributed by atoms with Crippen LogP contribution in [0.3, 0.4) is 0 Å². The van der Waals surface area contributed by atoms with Crippen molar-refractivity contribution in [2.75, 3.05) is 10.3 Å². The van der Waals surface area contributed by atoms with Crippen LogP contribution in [0.2, 0.25) is 0 Å². The SMILES string of the molecule is Cc1ccc(C)c(N2N=C(C(=O)Nc3nc(-c4cccc([N+](=O)[O-])c4)cs3)CCC2=O)c1. The van der Waals surface area contributed by atoms with Crippen LogP contribution in [0.25, 0.3) is 11.3 Å². The molecular weight excluding hydrogens is 430 g/mol. The molecule has 162 valence electrons. The maximum atomic E-state index is 12.8. The van der Waals surface area contributed by atoms with E-state index in [-0.39, 0.29) is 30.1 Å². The van der Waals surface area contributed by atoms with E-state index in [4.69, 9.17) is 0 Å². The molecule has 3 aromatic rings. The Bertz CT molecular complexity index is 1270. The zero-order chi connectivity index (χ0) is 22.8. The molecule has 2 amide bonds. The highest BCUT2D eigenvalue weighted by atomic mass is 32.1. The lowest BCUT2D eigenvalue weighted by molar-refractivity contribution is -0.384. The second-order valence-electron chi connectivity index (χ2n) is 7.34. The number of nitrogens with one attached hydrogen (secondary N) is 1. The zero-order valence-corrected chi connectivity index (χ0v) is 18.2. The van der Waals surface area contributed by atoms with E-state index in [0.717, 1.165) is 11.1 Å². The van der Waals surface area contributed by atoms with Crippen molar-refractivity contribution in [1.82, 2.24) is 4.98 Å². The fourth-order valence-corrected chi connectivity index (χ4v) is 3.98. The van der Waals surface area contributed by atoms with Gasteiger partial charge in [-0.05, 0) is 31.0 Å². The molecular formula is C22H19N5O4S. The maximum absolute atomic E-state index is 12.8. The van der Waals surface area contributed by atoms with Gasteiger partial charge in [-0.1, -0.05) is 24.3 Å². The Labute approximate surface area is 187 Å². The van der Waals surface area contributed by atoms with Crippen LogP contribution >= 0.6 is 11.3 Å². The number of nitrogens with zero attached hydrogens (tertiary/aromatic N) is 4. The zero-order valence-electron chi connectivity index (χ0n) is 17.4. The molecule has 2 aromatic carbocycles. The molecule has 4 rings (SSSR count). The summed E-state index contributed by atoms with van der Waals surface area (Å²) in [6.45, 7) is 3.81. The van der Waals surface area contributed by atoms with Crippen molar-refractivity contribution >= 4 is 45.4 Å². The normalized spacial score (nSPS) is 13.6. The summed E-state index contributed by atoms with van der Waals surface area (Å²) >= 11 is 1.20. The minimum absolute atomic E-state index is 0.0335. The Morgan fingerprint density at radius 1 is 1.19 bits per heavy atom. The van der Waals surface area contributed by atoms with Gasteiger partial charge < -0.3 is 0 Å². The largest absolute Gasteiger partial charge is 0.297 e. The molecule has 0 unspecified atom stereocenters. The average molecular weight is 449 g/mol. The summed E-state index contributed by atoms with van der Waals surface area (Å²) in [7, 11) is 0. The first kappa shape index (κ1) is 21.3. The molecule has 9 nitrogen and oxygen atoms in total. The Kier molecular flexibility index (Phi) is 5.78. The van der Waals surface area contributed by atoms with Gasteiger partial charge in [-0.3, -0.25) is 25.0 Å². The van der Waals surface area contributed by atoms with Gasteiger partial charge in [0.05, 0.1) is 16.3 Å². The van der Waals surface area contributed by atoms with Crippen LogP contribution in [0, 0.1) is 24.0 Å². The molecule has 2 heterocycles. The van der Waals surface area contributed by atoms with Crippen molar-refractivity contribution < 1.29 is 14.5 Å². The minimum atomic E-state index is -0.469. The number of nitro benzene ring substituents is 1. The van der Waals surface area contributed by atoms with E-state index in [2.05, 4.69) is 15.4 Å². The molecule has 1 aliphatic heterocycles. The van der Waals surface area contributed by atoms with E-state index in [9.17, 15) is 19.7 Å². The number of aromatic nitrogens is 1. The van der Waals surface area contributed by atoms with Crippen LogP contribution in [0.1, 0.15) is 24.0 Å². The predicted molar refractivity (Wildman–Crippen MR) is 123 cm³/mol. The summed E-state index contributed by atoms with van der Waals surface area (Å²) < 4.78 is 0. The second kappa shape index (κ2) is 8.67. The van der Waals surface area contributed by atoms with Crippen LogP contribution in [-0.2, 0) is 9.59 Å². The van der Waals surface area contributed by atoms with Crippen molar-refractivity contribution in [1.29, 1.82) is 0 Å². The molecule has 0 spiro atoms.